The molecule has 1 aliphatic rings. The second-order valence-electron chi connectivity index (χ2n) is 7.01. The van der Waals surface area contributed by atoms with Crippen LogP contribution in [0, 0.1) is 12.7 Å². The van der Waals surface area contributed by atoms with Gasteiger partial charge in [-0.15, -0.1) is 10.2 Å². The number of anilines is 2. The molecule has 0 bridgehead atoms. The van der Waals surface area contributed by atoms with E-state index in [4.69, 9.17) is 0 Å². The van der Waals surface area contributed by atoms with Crippen LogP contribution in [0.15, 0.2) is 48.5 Å². The first-order chi connectivity index (χ1) is 14.5. The normalized spacial score (nSPS) is 15.8. The molecule has 2 heterocycles. The fourth-order valence-corrected chi connectivity index (χ4v) is 4.11. The fourth-order valence-electron chi connectivity index (χ4n) is 3.35. The van der Waals surface area contributed by atoms with Gasteiger partial charge < -0.3 is 10.2 Å². The van der Waals surface area contributed by atoms with E-state index in [0.717, 1.165) is 23.2 Å². The van der Waals surface area contributed by atoms with E-state index in [0.29, 0.717) is 23.1 Å². The summed E-state index contributed by atoms with van der Waals surface area (Å²) in [5.41, 5.74) is 2.39. The number of benzene rings is 2. The van der Waals surface area contributed by atoms with Crippen molar-refractivity contribution in [2.24, 2.45) is 0 Å². The number of aromatic nitrogens is 2. The first kappa shape index (κ1) is 20.0. The van der Waals surface area contributed by atoms with Crippen LogP contribution in [-0.4, -0.2) is 39.6 Å². The van der Waals surface area contributed by atoms with Gasteiger partial charge in [-0.2, -0.15) is 0 Å². The molecule has 1 unspecified atom stereocenters. The molecule has 2 aromatic carbocycles. The van der Waals surface area contributed by atoms with Crippen LogP contribution >= 0.6 is 11.3 Å². The Morgan fingerprint density at radius 3 is 2.63 bits per heavy atom. The van der Waals surface area contributed by atoms with E-state index in [-0.39, 0.29) is 17.8 Å². The van der Waals surface area contributed by atoms with E-state index < -0.39 is 6.04 Å². The molecule has 1 atom stereocenters. The van der Waals surface area contributed by atoms with Crippen LogP contribution in [0.4, 0.5) is 20.0 Å². The highest BCUT2D eigenvalue weighted by atomic mass is 32.1. The van der Waals surface area contributed by atoms with Gasteiger partial charge in [-0.25, -0.2) is 9.18 Å². The maximum atomic E-state index is 13.1. The van der Waals surface area contributed by atoms with E-state index in [2.05, 4.69) is 20.8 Å². The third-order valence-electron chi connectivity index (χ3n) is 4.95. The molecule has 0 spiro atoms. The van der Waals surface area contributed by atoms with Gasteiger partial charge in [-0.1, -0.05) is 29.5 Å². The summed E-state index contributed by atoms with van der Waals surface area (Å²) in [6.07, 6.45) is 1.33. The summed E-state index contributed by atoms with van der Waals surface area (Å²) >= 11 is 1.20. The van der Waals surface area contributed by atoms with Crippen molar-refractivity contribution in [3.8, 4) is 10.6 Å². The van der Waals surface area contributed by atoms with Gasteiger partial charge in [0.1, 0.15) is 16.9 Å². The maximum Gasteiger partial charge on any atom is 0.322 e. The number of amides is 3. The van der Waals surface area contributed by atoms with Crippen LogP contribution in [0.3, 0.4) is 0 Å². The summed E-state index contributed by atoms with van der Waals surface area (Å²) in [7, 11) is 0. The lowest BCUT2D eigenvalue weighted by molar-refractivity contribution is -0.119. The van der Waals surface area contributed by atoms with Crippen molar-refractivity contribution in [3.63, 3.8) is 0 Å². The van der Waals surface area contributed by atoms with Gasteiger partial charge in [0.2, 0.25) is 11.0 Å². The number of para-hydroxylation sites is 1. The molecule has 2 N–H and O–H groups in total. The van der Waals surface area contributed by atoms with Crippen LogP contribution in [0.25, 0.3) is 10.6 Å². The molecule has 3 aromatic rings. The first-order valence-electron chi connectivity index (χ1n) is 9.55. The summed E-state index contributed by atoms with van der Waals surface area (Å²) in [5.74, 6) is -0.628. The Hall–Kier alpha value is -3.33. The first-order valence-corrected chi connectivity index (χ1v) is 10.4. The molecule has 1 fully saturated rings. The van der Waals surface area contributed by atoms with Gasteiger partial charge in [-0.05, 0) is 55.7 Å². The highest BCUT2D eigenvalue weighted by molar-refractivity contribution is 7.18. The topological polar surface area (TPSA) is 87.2 Å². The predicted molar refractivity (Wildman–Crippen MR) is 114 cm³/mol. The molecule has 9 heteroatoms. The number of urea groups is 1. The standard InChI is InChI=1S/C21H20FN5O2S/c1-13-5-2-3-6-16(13)23-21(29)27-12-4-7-17(27)18(28)24-20-26-25-19(30-20)14-8-10-15(22)11-9-14/h2-3,5-6,8-11,17H,4,7,12H2,1H3,(H,23,29)(H,24,26,28). The third kappa shape index (κ3) is 4.30. The second-order valence-corrected chi connectivity index (χ2v) is 7.98. The van der Waals surface area contributed by atoms with Crippen LogP contribution in [0.1, 0.15) is 18.4 Å². The quantitative estimate of drug-likeness (QED) is 0.653. The Labute approximate surface area is 176 Å². The molecule has 1 aromatic heterocycles. The zero-order chi connectivity index (χ0) is 21.1. The molecule has 3 amide bonds. The number of carbonyl (C=O) groups is 2. The summed E-state index contributed by atoms with van der Waals surface area (Å²) in [6, 6.07) is 12.5. The number of hydrogen-bond acceptors (Lipinski definition) is 5. The van der Waals surface area contributed by atoms with Gasteiger partial charge in [0.05, 0.1) is 0 Å². The zero-order valence-electron chi connectivity index (χ0n) is 16.3. The molecular formula is C21H20FN5O2S. The number of hydrogen-bond donors (Lipinski definition) is 2. The predicted octanol–water partition coefficient (Wildman–Crippen LogP) is 4.29. The number of rotatable bonds is 4. The van der Waals surface area contributed by atoms with E-state index >= 15 is 0 Å². The van der Waals surface area contributed by atoms with Crippen molar-refractivity contribution in [1.82, 2.24) is 15.1 Å². The lowest BCUT2D eigenvalue weighted by Crippen LogP contribution is -2.45. The number of halogens is 1. The molecule has 1 aliphatic heterocycles. The summed E-state index contributed by atoms with van der Waals surface area (Å²) in [6.45, 7) is 2.42. The molecule has 1 saturated heterocycles. The lowest BCUT2D eigenvalue weighted by atomic mass is 10.2. The maximum absolute atomic E-state index is 13.1. The van der Waals surface area contributed by atoms with Gasteiger partial charge in [0, 0.05) is 17.8 Å². The Morgan fingerprint density at radius 1 is 1.10 bits per heavy atom. The number of nitrogens with one attached hydrogen (secondary N) is 2. The molecule has 4 rings (SSSR count). The molecule has 154 valence electrons. The Bertz CT molecular complexity index is 1070. The summed E-state index contributed by atoms with van der Waals surface area (Å²) < 4.78 is 13.1. The largest absolute Gasteiger partial charge is 0.322 e. The zero-order valence-corrected chi connectivity index (χ0v) is 17.1. The monoisotopic (exact) mass is 425 g/mol. The van der Waals surface area contributed by atoms with Gasteiger partial charge in [-0.3, -0.25) is 10.1 Å². The van der Waals surface area contributed by atoms with E-state index in [1.807, 2.05) is 31.2 Å². The summed E-state index contributed by atoms with van der Waals surface area (Å²) in [4.78, 5) is 27.1. The highest BCUT2D eigenvalue weighted by Gasteiger charge is 2.34. The van der Waals surface area contributed by atoms with Crippen LogP contribution < -0.4 is 10.6 Å². The van der Waals surface area contributed by atoms with Crippen molar-refractivity contribution in [3.05, 3.63) is 59.9 Å². The minimum atomic E-state index is -0.577. The average molecular weight is 425 g/mol. The van der Waals surface area contributed by atoms with Crippen LogP contribution in [-0.2, 0) is 4.79 Å². The average Bonchev–Trinajstić information content (AvgIpc) is 3.40. The third-order valence-corrected chi connectivity index (χ3v) is 5.84. The molecular weight excluding hydrogens is 405 g/mol. The number of nitrogens with zero attached hydrogens (tertiary/aromatic N) is 3. The Kier molecular flexibility index (Phi) is 5.71. The van der Waals surface area contributed by atoms with Crippen molar-refractivity contribution < 1.29 is 14.0 Å². The Balaban J connectivity index is 1.42. The van der Waals surface area contributed by atoms with E-state index in [9.17, 15) is 14.0 Å². The fraction of sp³-hybridized carbons (Fsp3) is 0.238. The van der Waals surface area contributed by atoms with Crippen LogP contribution in [0.5, 0.6) is 0 Å². The van der Waals surface area contributed by atoms with Gasteiger partial charge >= 0.3 is 6.03 Å². The molecule has 0 aliphatic carbocycles. The smallest absolute Gasteiger partial charge is 0.312 e. The molecule has 0 saturated carbocycles. The van der Waals surface area contributed by atoms with E-state index in [1.165, 1.54) is 23.5 Å². The van der Waals surface area contributed by atoms with E-state index in [1.54, 1.807) is 17.0 Å². The van der Waals surface area contributed by atoms with Gasteiger partial charge in [0.25, 0.3) is 0 Å². The minimum absolute atomic E-state index is 0.297. The number of aryl methyl sites for hydroxylation is 1. The van der Waals surface area contributed by atoms with Crippen LogP contribution in [0.2, 0.25) is 0 Å². The molecule has 30 heavy (non-hydrogen) atoms. The van der Waals surface area contributed by atoms with Crippen molar-refractivity contribution in [2.75, 3.05) is 17.2 Å². The SMILES string of the molecule is Cc1ccccc1NC(=O)N1CCCC1C(=O)Nc1nnc(-c2ccc(F)cc2)s1. The van der Waals surface area contributed by atoms with Gasteiger partial charge in [0.15, 0.2) is 0 Å². The molecule has 7 nitrogen and oxygen atoms in total. The number of carbonyl (C=O) groups excluding carboxylic acids is 2. The van der Waals surface area contributed by atoms with Crippen molar-refractivity contribution in [1.29, 1.82) is 0 Å². The Morgan fingerprint density at radius 2 is 1.87 bits per heavy atom. The molecule has 0 radical (unpaired) electrons. The minimum Gasteiger partial charge on any atom is -0.312 e. The highest BCUT2D eigenvalue weighted by Crippen LogP contribution is 2.27. The number of likely N-dealkylation sites (tertiary alicyclic amines) is 1. The van der Waals surface area contributed by atoms with Crippen molar-refractivity contribution in [2.45, 2.75) is 25.8 Å². The lowest BCUT2D eigenvalue weighted by Gasteiger charge is -2.24. The van der Waals surface area contributed by atoms with Crippen molar-refractivity contribution >= 4 is 34.1 Å². The summed E-state index contributed by atoms with van der Waals surface area (Å²) in [5, 5.41) is 14.6. The second kappa shape index (κ2) is 8.58.